The summed E-state index contributed by atoms with van der Waals surface area (Å²) < 4.78 is 3.77. The van der Waals surface area contributed by atoms with Gasteiger partial charge in [0.2, 0.25) is 34.3 Å². The van der Waals surface area contributed by atoms with Gasteiger partial charge in [-0.15, -0.1) is 0 Å². The smallest absolute Gasteiger partial charge is 0.197 e. The van der Waals surface area contributed by atoms with Crippen LogP contribution in [0.25, 0.3) is 56.5 Å². The highest BCUT2D eigenvalue weighted by molar-refractivity contribution is 5.82. The lowest BCUT2D eigenvalue weighted by atomic mass is 10.2. The second-order valence-electron chi connectivity index (χ2n) is 8.77. The van der Waals surface area contributed by atoms with E-state index in [1.807, 2.05) is 137 Å². The maximum atomic E-state index is 4.98. The Morgan fingerprint density at radius 1 is 0.395 bits per heavy atom. The number of benzene rings is 4. The fourth-order valence-corrected chi connectivity index (χ4v) is 4.44. The zero-order valence-corrected chi connectivity index (χ0v) is 20.3. The number of rotatable bonds is 4. The van der Waals surface area contributed by atoms with Gasteiger partial charge in [0.25, 0.3) is 11.0 Å². The lowest BCUT2D eigenvalue weighted by molar-refractivity contribution is -0.637. The van der Waals surface area contributed by atoms with Crippen molar-refractivity contribution >= 4 is 22.3 Å². The molecule has 38 heavy (non-hydrogen) atoms. The molecule has 0 fully saturated rings. The molecular formula is C31H21N7+2. The quantitative estimate of drug-likeness (QED) is 0.260. The van der Waals surface area contributed by atoms with Crippen LogP contribution in [-0.2, 0) is 0 Å². The molecule has 0 spiro atoms. The molecule has 3 heterocycles. The Bertz CT molecular complexity index is 1760. The average Bonchev–Trinajstić information content (AvgIpc) is 3.00. The zero-order chi connectivity index (χ0) is 25.3. The number of fused-ring (bicyclic) bond motifs is 2. The molecule has 0 atom stereocenters. The summed E-state index contributed by atoms with van der Waals surface area (Å²) in [4.78, 5) is 14.7. The van der Waals surface area contributed by atoms with Gasteiger partial charge >= 0.3 is 0 Å². The molecule has 0 unspecified atom stereocenters. The van der Waals surface area contributed by atoms with Crippen LogP contribution >= 0.6 is 0 Å². The third-order valence-electron chi connectivity index (χ3n) is 6.28. The van der Waals surface area contributed by atoms with E-state index >= 15 is 0 Å². The molecule has 4 aromatic carbocycles. The number of hydrogen-bond donors (Lipinski definition) is 0. The predicted molar refractivity (Wildman–Crippen MR) is 144 cm³/mol. The van der Waals surface area contributed by atoms with Crippen LogP contribution in [0, 0.1) is 0 Å². The van der Waals surface area contributed by atoms with Gasteiger partial charge in [-0.1, -0.05) is 97.1 Å². The topological polar surface area (TPSA) is 72.2 Å². The predicted octanol–water partition coefficient (Wildman–Crippen LogP) is 4.86. The Morgan fingerprint density at radius 3 is 1.16 bits per heavy atom. The van der Waals surface area contributed by atoms with Gasteiger partial charge in [-0.05, 0) is 9.36 Å². The number of para-hydroxylation sites is 2. The van der Waals surface area contributed by atoms with E-state index in [0.29, 0.717) is 22.9 Å². The first-order valence-corrected chi connectivity index (χ1v) is 12.3. The summed E-state index contributed by atoms with van der Waals surface area (Å²) in [5, 5.41) is 9.86. The van der Waals surface area contributed by atoms with E-state index in [1.165, 1.54) is 0 Å². The van der Waals surface area contributed by atoms with Crippen LogP contribution in [0.5, 0.6) is 0 Å². The van der Waals surface area contributed by atoms with Crippen molar-refractivity contribution in [2.75, 3.05) is 0 Å². The molecular weight excluding hydrogens is 470 g/mol. The minimum atomic E-state index is 0.549. The zero-order valence-electron chi connectivity index (χ0n) is 20.3. The van der Waals surface area contributed by atoms with E-state index < -0.39 is 0 Å². The standard InChI is InChI=1S/C31H21N7/c1-5-13-22(14-6-1)28-32-30-26(37(35-28)24-17-9-3-10-18-24)21-27-31(34-30)33-29(23-15-7-2-8-16-23)36-38(27)25-19-11-4-12-20-25/h1-21H/q+2. The SMILES string of the molecule is c1ccc(-c2nc3nc4nc(-c5ccccc5)n[n+](-c5ccccc5)c4cc3[n+](-c3ccccc3)n2)cc1. The van der Waals surface area contributed by atoms with Gasteiger partial charge in [0.05, 0.1) is 6.07 Å². The third kappa shape index (κ3) is 3.92. The highest BCUT2D eigenvalue weighted by atomic mass is 15.3. The van der Waals surface area contributed by atoms with Crippen LogP contribution in [0.1, 0.15) is 0 Å². The first-order chi connectivity index (χ1) is 18.8. The first kappa shape index (κ1) is 21.8. The lowest BCUT2D eigenvalue weighted by Crippen LogP contribution is -2.40. The molecule has 0 amide bonds. The van der Waals surface area contributed by atoms with Crippen LogP contribution in [0.15, 0.2) is 127 Å². The number of pyridine rings is 1. The van der Waals surface area contributed by atoms with E-state index in [9.17, 15) is 0 Å². The van der Waals surface area contributed by atoms with Crippen molar-refractivity contribution < 1.29 is 9.36 Å². The summed E-state index contributed by atoms with van der Waals surface area (Å²) in [6.07, 6.45) is 0. The van der Waals surface area contributed by atoms with Crippen molar-refractivity contribution in [3.05, 3.63) is 127 Å². The fraction of sp³-hybridized carbons (Fsp3) is 0. The van der Waals surface area contributed by atoms with Crippen LogP contribution in [0.2, 0.25) is 0 Å². The summed E-state index contributed by atoms with van der Waals surface area (Å²) in [6.45, 7) is 0. The Hall–Kier alpha value is -5.43. The minimum absolute atomic E-state index is 0.549. The molecule has 0 radical (unpaired) electrons. The highest BCUT2D eigenvalue weighted by Crippen LogP contribution is 2.21. The van der Waals surface area contributed by atoms with Crippen LogP contribution in [-0.4, -0.2) is 25.1 Å². The highest BCUT2D eigenvalue weighted by Gasteiger charge is 2.27. The minimum Gasteiger partial charge on any atom is -0.197 e. The van der Waals surface area contributed by atoms with Crippen LogP contribution in [0.3, 0.4) is 0 Å². The Kier molecular flexibility index (Phi) is 5.29. The van der Waals surface area contributed by atoms with E-state index in [1.54, 1.807) is 0 Å². The Labute approximate surface area is 218 Å². The maximum Gasteiger partial charge on any atom is 0.290 e. The van der Waals surface area contributed by atoms with Crippen LogP contribution in [0.4, 0.5) is 0 Å². The molecule has 0 aliphatic carbocycles. The summed E-state index contributed by atoms with van der Waals surface area (Å²) in [5.74, 6) is 1.17. The molecule has 7 aromatic rings. The fourth-order valence-electron chi connectivity index (χ4n) is 4.44. The number of nitrogens with zero attached hydrogens (tertiary/aromatic N) is 7. The van der Waals surface area contributed by atoms with E-state index in [4.69, 9.17) is 25.1 Å². The summed E-state index contributed by atoms with van der Waals surface area (Å²) in [7, 11) is 0. The van der Waals surface area contributed by atoms with Crippen molar-refractivity contribution in [2.24, 2.45) is 0 Å². The maximum absolute atomic E-state index is 4.98. The van der Waals surface area contributed by atoms with Crippen molar-refractivity contribution in [2.45, 2.75) is 0 Å². The molecule has 7 rings (SSSR count). The molecule has 0 saturated carbocycles. The van der Waals surface area contributed by atoms with Gasteiger partial charge in [-0.3, -0.25) is 0 Å². The molecule has 0 aliphatic rings. The Morgan fingerprint density at radius 2 is 0.763 bits per heavy atom. The Balaban J connectivity index is 1.57. The molecule has 3 aromatic heterocycles. The largest absolute Gasteiger partial charge is 0.290 e. The summed E-state index contributed by atoms with van der Waals surface area (Å²) in [6, 6.07) is 41.9. The van der Waals surface area contributed by atoms with Gasteiger partial charge in [0.15, 0.2) is 0 Å². The third-order valence-corrected chi connectivity index (χ3v) is 6.28. The molecule has 7 nitrogen and oxygen atoms in total. The lowest BCUT2D eigenvalue weighted by Gasteiger charge is -2.05. The second kappa shape index (κ2) is 9.22. The summed E-state index contributed by atoms with van der Waals surface area (Å²) >= 11 is 0. The van der Waals surface area contributed by atoms with Gasteiger partial charge in [-0.25, -0.2) is 0 Å². The van der Waals surface area contributed by atoms with Crippen molar-refractivity contribution in [1.29, 1.82) is 0 Å². The van der Waals surface area contributed by atoms with Gasteiger partial charge < -0.3 is 0 Å². The number of aromatic nitrogens is 7. The number of hydrogen-bond acceptors (Lipinski definition) is 5. The van der Waals surface area contributed by atoms with Crippen molar-refractivity contribution in [3.8, 4) is 34.2 Å². The molecule has 7 heteroatoms. The molecule has 0 bridgehead atoms. The van der Waals surface area contributed by atoms with Gasteiger partial charge in [0.1, 0.15) is 0 Å². The average molecular weight is 492 g/mol. The monoisotopic (exact) mass is 491 g/mol. The second-order valence-corrected chi connectivity index (χ2v) is 8.77. The molecule has 178 valence electrons. The summed E-state index contributed by atoms with van der Waals surface area (Å²) in [5.41, 5.74) is 6.24. The van der Waals surface area contributed by atoms with Crippen molar-refractivity contribution in [1.82, 2.24) is 25.1 Å². The normalized spacial score (nSPS) is 11.2. The molecule has 0 aliphatic heterocycles. The van der Waals surface area contributed by atoms with Crippen LogP contribution < -0.4 is 9.36 Å². The first-order valence-electron chi connectivity index (χ1n) is 12.3. The molecule has 0 saturated heterocycles. The van der Waals surface area contributed by atoms with E-state index in [-0.39, 0.29) is 0 Å². The molecule has 0 N–H and O–H groups in total. The van der Waals surface area contributed by atoms with E-state index in [2.05, 4.69) is 0 Å². The van der Waals surface area contributed by atoms with Gasteiger partial charge in [-0.2, -0.15) is 15.0 Å². The van der Waals surface area contributed by atoms with Gasteiger partial charge in [0, 0.05) is 45.6 Å². The van der Waals surface area contributed by atoms with E-state index in [0.717, 1.165) is 33.5 Å². The van der Waals surface area contributed by atoms with Crippen molar-refractivity contribution in [3.63, 3.8) is 0 Å².